The van der Waals surface area contributed by atoms with Gasteiger partial charge in [-0.25, -0.2) is 0 Å². The molecule has 0 spiro atoms. The lowest BCUT2D eigenvalue weighted by atomic mass is 9.91. The number of benzene rings is 1. The van der Waals surface area contributed by atoms with Crippen molar-refractivity contribution < 1.29 is 4.74 Å². The number of anilines is 1. The molecule has 118 valence electrons. The molecule has 1 saturated heterocycles. The second-order valence-electron chi connectivity index (χ2n) is 5.93. The molecule has 4 heteroatoms. The van der Waals surface area contributed by atoms with Gasteiger partial charge in [0, 0.05) is 35.4 Å². The summed E-state index contributed by atoms with van der Waals surface area (Å²) in [7, 11) is 1.74. The van der Waals surface area contributed by atoms with Gasteiger partial charge in [0.05, 0.1) is 6.61 Å². The average Bonchev–Trinajstić information content (AvgIpc) is 2.51. The van der Waals surface area contributed by atoms with Crippen LogP contribution in [0.25, 0.3) is 0 Å². The van der Waals surface area contributed by atoms with E-state index in [1.54, 1.807) is 7.11 Å². The maximum Gasteiger partial charge on any atom is 0.0744 e. The van der Waals surface area contributed by atoms with Gasteiger partial charge in [-0.3, -0.25) is 0 Å². The van der Waals surface area contributed by atoms with E-state index in [-0.39, 0.29) is 0 Å². The van der Waals surface area contributed by atoms with Gasteiger partial charge in [-0.2, -0.15) is 0 Å². The smallest absolute Gasteiger partial charge is 0.0744 e. The van der Waals surface area contributed by atoms with Gasteiger partial charge in [0.1, 0.15) is 0 Å². The molecule has 0 aromatic heterocycles. The molecule has 0 amide bonds. The van der Waals surface area contributed by atoms with Gasteiger partial charge in [-0.15, -0.1) is 0 Å². The first-order valence-electron chi connectivity index (χ1n) is 7.91. The summed E-state index contributed by atoms with van der Waals surface area (Å²) in [6, 6.07) is 6.78. The maximum absolute atomic E-state index is 5.33. The summed E-state index contributed by atoms with van der Waals surface area (Å²) in [4.78, 5) is 2.56. The molecule has 1 aromatic carbocycles. The summed E-state index contributed by atoms with van der Waals surface area (Å²) in [6.07, 6.45) is 2.63. The van der Waals surface area contributed by atoms with Gasteiger partial charge in [0.25, 0.3) is 0 Å². The van der Waals surface area contributed by atoms with Crippen molar-refractivity contribution in [3.05, 3.63) is 28.2 Å². The Morgan fingerprint density at radius 3 is 3.00 bits per heavy atom. The third kappa shape index (κ3) is 4.44. The number of rotatable bonds is 6. The number of nitrogens with one attached hydrogen (secondary N) is 1. The van der Waals surface area contributed by atoms with Gasteiger partial charge < -0.3 is 15.0 Å². The fourth-order valence-corrected chi connectivity index (χ4v) is 3.62. The first-order valence-corrected chi connectivity index (χ1v) is 8.70. The van der Waals surface area contributed by atoms with Gasteiger partial charge >= 0.3 is 0 Å². The Labute approximate surface area is 137 Å². The molecule has 0 saturated carbocycles. The molecule has 1 aliphatic heterocycles. The van der Waals surface area contributed by atoms with E-state index < -0.39 is 0 Å². The molecule has 1 aromatic rings. The molecule has 2 unspecified atom stereocenters. The highest BCUT2D eigenvalue weighted by Crippen LogP contribution is 2.28. The number of hydrogen-bond donors (Lipinski definition) is 1. The normalized spacial score (nSPS) is 21.2. The summed E-state index contributed by atoms with van der Waals surface area (Å²) in [5, 5.41) is 3.71. The predicted molar refractivity (Wildman–Crippen MR) is 92.8 cm³/mol. The van der Waals surface area contributed by atoms with E-state index in [1.807, 2.05) is 0 Å². The minimum absolute atomic E-state index is 0.476. The van der Waals surface area contributed by atoms with Gasteiger partial charge in [0.2, 0.25) is 0 Å². The van der Waals surface area contributed by atoms with Crippen molar-refractivity contribution in [3.8, 4) is 0 Å². The van der Waals surface area contributed by atoms with Crippen molar-refractivity contribution in [1.29, 1.82) is 0 Å². The standard InChI is InChI=1S/C17H27BrN2O/c1-4-20-10-6-7-14(11-20)13(2)19-17-9-5-8-16(18)15(17)12-21-3/h5,8-9,13-14,19H,4,6-7,10-12H2,1-3H3. The highest BCUT2D eigenvalue weighted by Gasteiger charge is 2.24. The largest absolute Gasteiger partial charge is 0.382 e. The van der Waals surface area contributed by atoms with E-state index in [0.717, 1.165) is 11.0 Å². The summed E-state index contributed by atoms with van der Waals surface area (Å²) in [5.74, 6) is 0.716. The lowest BCUT2D eigenvalue weighted by Gasteiger charge is -2.36. The Balaban J connectivity index is 2.05. The fourth-order valence-electron chi connectivity index (χ4n) is 3.13. The third-order valence-electron chi connectivity index (χ3n) is 4.49. The molecule has 0 bridgehead atoms. The highest BCUT2D eigenvalue weighted by molar-refractivity contribution is 9.10. The quantitative estimate of drug-likeness (QED) is 0.831. The molecule has 0 radical (unpaired) electrons. The molecule has 1 heterocycles. The van der Waals surface area contributed by atoms with Gasteiger partial charge in [-0.1, -0.05) is 28.9 Å². The van der Waals surface area contributed by atoms with Crippen LogP contribution < -0.4 is 5.32 Å². The zero-order valence-corrected chi connectivity index (χ0v) is 14.9. The van der Waals surface area contributed by atoms with Gasteiger partial charge in [-0.05, 0) is 50.9 Å². The Morgan fingerprint density at radius 2 is 2.29 bits per heavy atom. The minimum atomic E-state index is 0.476. The predicted octanol–water partition coefficient (Wildman–Crippen LogP) is 4.13. The Hall–Kier alpha value is -0.580. The molecular formula is C17H27BrN2O. The van der Waals surface area contributed by atoms with Crippen molar-refractivity contribution in [1.82, 2.24) is 4.90 Å². The Bertz CT molecular complexity index is 452. The van der Waals surface area contributed by atoms with Crippen LogP contribution in [0.4, 0.5) is 5.69 Å². The zero-order chi connectivity index (χ0) is 15.2. The van der Waals surface area contributed by atoms with Crippen LogP contribution in [0.2, 0.25) is 0 Å². The molecule has 21 heavy (non-hydrogen) atoms. The van der Waals surface area contributed by atoms with Crippen LogP contribution in [-0.2, 0) is 11.3 Å². The summed E-state index contributed by atoms with van der Waals surface area (Å²) in [5.41, 5.74) is 2.39. The molecule has 1 aliphatic rings. The van der Waals surface area contributed by atoms with E-state index in [4.69, 9.17) is 4.74 Å². The number of nitrogens with zero attached hydrogens (tertiary/aromatic N) is 1. The second kappa shape index (κ2) is 8.16. The van der Waals surface area contributed by atoms with Crippen LogP contribution >= 0.6 is 15.9 Å². The molecule has 1 N–H and O–H groups in total. The number of ether oxygens (including phenoxy) is 1. The van der Waals surface area contributed by atoms with Crippen molar-refractivity contribution in [2.75, 3.05) is 32.1 Å². The highest BCUT2D eigenvalue weighted by atomic mass is 79.9. The van der Waals surface area contributed by atoms with Crippen molar-refractivity contribution in [3.63, 3.8) is 0 Å². The van der Waals surface area contributed by atoms with Crippen LogP contribution in [0.3, 0.4) is 0 Å². The van der Waals surface area contributed by atoms with Crippen LogP contribution in [0.1, 0.15) is 32.3 Å². The first kappa shape index (κ1) is 16.8. The van der Waals surface area contributed by atoms with Crippen LogP contribution in [0.15, 0.2) is 22.7 Å². The fraction of sp³-hybridized carbons (Fsp3) is 0.647. The Kier molecular flexibility index (Phi) is 6.52. The van der Waals surface area contributed by atoms with E-state index in [9.17, 15) is 0 Å². The van der Waals surface area contributed by atoms with E-state index >= 15 is 0 Å². The Morgan fingerprint density at radius 1 is 1.48 bits per heavy atom. The van der Waals surface area contributed by atoms with Crippen molar-refractivity contribution >= 4 is 21.6 Å². The van der Waals surface area contributed by atoms with Crippen LogP contribution in [0.5, 0.6) is 0 Å². The van der Waals surface area contributed by atoms with E-state index in [2.05, 4.69) is 58.2 Å². The number of methoxy groups -OCH3 is 1. The second-order valence-corrected chi connectivity index (χ2v) is 6.78. The number of halogens is 1. The lowest BCUT2D eigenvalue weighted by molar-refractivity contribution is 0.172. The summed E-state index contributed by atoms with van der Waals surface area (Å²) >= 11 is 3.63. The molecule has 2 rings (SSSR count). The van der Waals surface area contributed by atoms with Gasteiger partial charge in [0.15, 0.2) is 0 Å². The maximum atomic E-state index is 5.33. The summed E-state index contributed by atoms with van der Waals surface area (Å²) < 4.78 is 6.44. The number of likely N-dealkylation sites (tertiary alicyclic amines) is 1. The number of hydrogen-bond acceptors (Lipinski definition) is 3. The average molecular weight is 355 g/mol. The lowest BCUT2D eigenvalue weighted by Crippen LogP contribution is -2.41. The van der Waals surface area contributed by atoms with Crippen molar-refractivity contribution in [2.24, 2.45) is 5.92 Å². The molecular weight excluding hydrogens is 328 g/mol. The third-order valence-corrected chi connectivity index (χ3v) is 5.23. The molecule has 1 fully saturated rings. The minimum Gasteiger partial charge on any atom is -0.382 e. The van der Waals surface area contributed by atoms with Crippen molar-refractivity contribution in [2.45, 2.75) is 39.3 Å². The van der Waals surface area contributed by atoms with Crippen LogP contribution in [-0.4, -0.2) is 37.7 Å². The molecule has 2 atom stereocenters. The molecule has 3 nitrogen and oxygen atoms in total. The van der Waals surface area contributed by atoms with Crippen LogP contribution in [0, 0.1) is 5.92 Å². The zero-order valence-electron chi connectivity index (χ0n) is 13.4. The van der Waals surface area contributed by atoms with E-state index in [1.165, 1.54) is 37.2 Å². The topological polar surface area (TPSA) is 24.5 Å². The monoisotopic (exact) mass is 354 g/mol. The number of piperidine rings is 1. The molecule has 0 aliphatic carbocycles. The van der Waals surface area contributed by atoms with E-state index in [0.29, 0.717) is 18.6 Å². The SMILES string of the molecule is CCN1CCCC(C(C)Nc2cccc(Br)c2COC)C1. The first-order chi connectivity index (χ1) is 10.2. The summed E-state index contributed by atoms with van der Waals surface area (Å²) in [6.45, 7) is 8.81.